The molecule has 1 aromatic carbocycles. The van der Waals surface area contributed by atoms with Crippen LogP contribution in [0.3, 0.4) is 0 Å². The van der Waals surface area contributed by atoms with Gasteiger partial charge in [0.15, 0.2) is 6.79 Å². The molecule has 0 unspecified atom stereocenters. The van der Waals surface area contributed by atoms with Crippen LogP contribution >= 0.6 is 0 Å². The molecule has 4 nitrogen and oxygen atoms in total. The van der Waals surface area contributed by atoms with E-state index in [0.717, 1.165) is 0 Å². The van der Waals surface area contributed by atoms with E-state index in [1.54, 1.807) is 0 Å². The first-order valence-electron chi connectivity index (χ1n) is 3.90. The fraction of sp³-hybridized carbons (Fsp3) is 0.222. The summed E-state index contributed by atoms with van der Waals surface area (Å²) in [5.41, 5.74) is 2.45. The van der Waals surface area contributed by atoms with E-state index >= 15 is 0 Å². The lowest BCUT2D eigenvalue weighted by Crippen LogP contribution is -2.24. The Morgan fingerprint density at radius 2 is 2.07 bits per heavy atom. The average Bonchev–Trinajstić information content (AvgIpc) is 2.19. The maximum Gasteiger partial charge on any atom is 0.274 e. The number of halogens is 1. The Morgan fingerprint density at radius 1 is 1.43 bits per heavy atom. The molecule has 0 saturated carbocycles. The molecule has 5 heteroatoms. The summed E-state index contributed by atoms with van der Waals surface area (Å²) in [6, 6.07) is 5.12. The monoisotopic (exact) mass is 199 g/mol. The van der Waals surface area contributed by atoms with Crippen LogP contribution in [0.2, 0.25) is 0 Å². The van der Waals surface area contributed by atoms with E-state index in [4.69, 9.17) is 0 Å². The second-order valence-electron chi connectivity index (χ2n) is 2.49. The first-order chi connectivity index (χ1) is 6.74. The van der Waals surface area contributed by atoms with E-state index in [9.17, 15) is 9.18 Å². The summed E-state index contributed by atoms with van der Waals surface area (Å²) < 4.78 is 17.0. The van der Waals surface area contributed by atoms with Crippen molar-refractivity contribution in [3.8, 4) is 0 Å². The summed E-state index contributed by atoms with van der Waals surface area (Å²) in [7, 11) is 1.43. The summed E-state index contributed by atoms with van der Waals surface area (Å²) in [4.78, 5) is 15.8. The SMILES string of the molecule is COCONC(=O)c1ccc(F)cc1. The summed E-state index contributed by atoms with van der Waals surface area (Å²) >= 11 is 0. The van der Waals surface area contributed by atoms with E-state index in [0.29, 0.717) is 5.56 Å². The van der Waals surface area contributed by atoms with Crippen LogP contribution in [0.5, 0.6) is 0 Å². The highest BCUT2D eigenvalue weighted by molar-refractivity contribution is 5.93. The summed E-state index contributed by atoms with van der Waals surface area (Å²) in [6.45, 7) is -0.0348. The lowest BCUT2D eigenvalue weighted by Gasteiger charge is -2.03. The van der Waals surface area contributed by atoms with E-state index in [-0.39, 0.29) is 12.6 Å². The van der Waals surface area contributed by atoms with Crippen LogP contribution in [0.15, 0.2) is 24.3 Å². The van der Waals surface area contributed by atoms with Crippen LogP contribution in [0.25, 0.3) is 0 Å². The maximum absolute atomic E-state index is 12.5. The van der Waals surface area contributed by atoms with Crippen LogP contribution in [-0.2, 0) is 9.57 Å². The molecule has 0 aliphatic heterocycles. The second kappa shape index (κ2) is 5.31. The number of nitrogens with one attached hydrogen (secondary N) is 1. The lowest BCUT2D eigenvalue weighted by molar-refractivity contribution is -0.0704. The van der Waals surface area contributed by atoms with Crippen molar-refractivity contribution in [3.05, 3.63) is 35.6 Å². The summed E-state index contributed by atoms with van der Waals surface area (Å²) in [5.74, 6) is -0.832. The molecule has 14 heavy (non-hydrogen) atoms. The minimum absolute atomic E-state index is 0.0348. The van der Waals surface area contributed by atoms with Crippen LogP contribution in [0.4, 0.5) is 4.39 Å². The van der Waals surface area contributed by atoms with Gasteiger partial charge in [0.05, 0.1) is 0 Å². The fourth-order valence-electron chi connectivity index (χ4n) is 0.814. The predicted octanol–water partition coefficient (Wildman–Crippen LogP) is 1.09. The molecule has 0 aromatic heterocycles. The number of amides is 1. The van der Waals surface area contributed by atoms with Crippen molar-refractivity contribution in [1.82, 2.24) is 5.48 Å². The van der Waals surface area contributed by atoms with Crippen LogP contribution < -0.4 is 5.48 Å². The normalized spacial score (nSPS) is 9.86. The molecule has 1 N–H and O–H groups in total. The molecule has 1 aromatic rings. The average molecular weight is 199 g/mol. The summed E-state index contributed by atoms with van der Waals surface area (Å²) in [6.07, 6.45) is 0. The smallest absolute Gasteiger partial charge is 0.274 e. The topological polar surface area (TPSA) is 47.6 Å². The van der Waals surface area contributed by atoms with Gasteiger partial charge < -0.3 is 4.74 Å². The van der Waals surface area contributed by atoms with Crippen molar-refractivity contribution < 1.29 is 18.8 Å². The molecule has 0 spiro atoms. The molecule has 0 fully saturated rings. The Kier molecular flexibility index (Phi) is 4.03. The van der Waals surface area contributed by atoms with Gasteiger partial charge in [-0.15, -0.1) is 0 Å². The first-order valence-corrected chi connectivity index (χ1v) is 3.90. The molecule has 76 valence electrons. The van der Waals surface area contributed by atoms with Crippen molar-refractivity contribution in [1.29, 1.82) is 0 Å². The number of carbonyl (C=O) groups excluding carboxylic acids is 1. The number of methoxy groups -OCH3 is 1. The van der Waals surface area contributed by atoms with Crippen molar-refractivity contribution >= 4 is 5.91 Å². The van der Waals surface area contributed by atoms with Crippen LogP contribution in [0.1, 0.15) is 10.4 Å². The minimum Gasteiger partial charge on any atom is -0.356 e. The molecule has 0 saturated heterocycles. The number of hydrogen-bond donors (Lipinski definition) is 1. The van der Waals surface area contributed by atoms with Crippen molar-refractivity contribution in [2.75, 3.05) is 13.9 Å². The zero-order chi connectivity index (χ0) is 10.4. The number of hydroxylamine groups is 1. The standard InChI is InChI=1S/C9H10FNO3/c1-13-6-14-11-9(12)7-2-4-8(10)5-3-7/h2-5H,6H2,1H3,(H,11,12). The van der Waals surface area contributed by atoms with Crippen molar-refractivity contribution in [3.63, 3.8) is 0 Å². The van der Waals surface area contributed by atoms with Gasteiger partial charge in [-0.2, -0.15) is 0 Å². The quantitative estimate of drug-likeness (QED) is 0.448. The van der Waals surface area contributed by atoms with Crippen molar-refractivity contribution in [2.24, 2.45) is 0 Å². The zero-order valence-electron chi connectivity index (χ0n) is 7.62. The highest BCUT2D eigenvalue weighted by Crippen LogP contribution is 2.02. The number of rotatable bonds is 4. The van der Waals surface area contributed by atoms with Gasteiger partial charge in [-0.1, -0.05) is 0 Å². The number of ether oxygens (including phenoxy) is 1. The van der Waals surface area contributed by atoms with E-state index in [1.807, 2.05) is 0 Å². The zero-order valence-corrected chi connectivity index (χ0v) is 7.62. The van der Waals surface area contributed by atoms with Gasteiger partial charge >= 0.3 is 0 Å². The van der Waals surface area contributed by atoms with E-state index < -0.39 is 5.91 Å². The Hall–Kier alpha value is -1.46. The third kappa shape index (κ3) is 3.12. The number of benzene rings is 1. The van der Waals surface area contributed by atoms with Gasteiger partial charge in [-0.25, -0.2) is 14.7 Å². The third-order valence-electron chi connectivity index (χ3n) is 1.45. The second-order valence-corrected chi connectivity index (χ2v) is 2.49. The highest BCUT2D eigenvalue weighted by Gasteiger charge is 2.04. The van der Waals surface area contributed by atoms with Gasteiger partial charge in [0.25, 0.3) is 5.91 Å². The molecule has 0 aliphatic carbocycles. The van der Waals surface area contributed by atoms with Crippen molar-refractivity contribution in [2.45, 2.75) is 0 Å². The Balaban J connectivity index is 2.48. The van der Waals surface area contributed by atoms with E-state index in [1.165, 1.54) is 31.4 Å². The minimum atomic E-state index is -0.443. The lowest BCUT2D eigenvalue weighted by atomic mass is 10.2. The molecule has 1 amide bonds. The Morgan fingerprint density at radius 3 is 2.64 bits per heavy atom. The van der Waals surface area contributed by atoms with Crippen LogP contribution in [0, 0.1) is 5.82 Å². The van der Waals surface area contributed by atoms with Crippen LogP contribution in [-0.4, -0.2) is 19.8 Å². The molecular formula is C9H10FNO3. The van der Waals surface area contributed by atoms with Gasteiger partial charge in [-0.05, 0) is 24.3 Å². The summed E-state index contributed by atoms with van der Waals surface area (Å²) in [5, 5.41) is 0. The first kappa shape index (κ1) is 10.6. The number of carbonyl (C=O) groups is 1. The maximum atomic E-state index is 12.5. The van der Waals surface area contributed by atoms with E-state index in [2.05, 4.69) is 15.1 Å². The highest BCUT2D eigenvalue weighted by atomic mass is 19.1. The largest absolute Gasteiger partial charge is 0.356 e. The van der Waals surface area contributed by atoms with Gasteiger partial charge in [0.2, 0.25) is 0 Å². The molecular weight excluding hydrogens is 189 g/mol. The molecule has 0 aliphatic rings. The number of hydrogen-bond acceptors (Lipinski definition) is 3. The van der Waals surface area contributed by atoms with Gasteiger partial charge in [0.1, 0.15) is 5.82 Å². The molecule has 0 atom stereocenters. The van der Waals surface area contributed by atoms with Gasteiger partial charge in [0, 0.05) is 12.7 Å². The molecule has 0 radical (unpaired) electrons. The Labute approximate surface area is 80.6 Å². The van der Waals surface area contributed by atoms with Gasteiger partial charge in [-0.3, -0.25) is 4.79 Å². The molecule has 0 heterocycles. The molecule has 1 rings (SSSR count). The third-order valence-corrected chi connectivity index (χ3v) is 1.45. The predicted molar refractivity (Wildman–Crippen MR) is 46.8 cm³/mol. The molecule has 0 bridgehead atoms. The Bertz CT molecular complexity index is 299. The fourth-order valence-corrected chi connectivity index (χ4v) is 0.814.